The molecule has 102 valence electrons. The average Bonchev–Trinajstić information content (AvgIpc) is 2.37. The molecule has 0 aromatic heterocycles. The molecular formula is C12H14ClN3O3. The number of ether oxygens (including phenoxy) is 1. The van der Waals surface area contributed by atoms with Crippen molar-refractivity contribution in [3.05, 3.63) is 33.3 Å². The lowest BCUT2D eigenvalue weighted by atomic mass is 10.1. The van der Waals surface area contributed by atoms with E-state index in [4.69, 9.17) is 21.6 Å². The summed E-state index contributed by atoms with van der Waals surface area (Å²) in [5, 5.41) is 23.1. The van der Waals surface area contributed by atoms with Crippen LogP contribution in [0.5, 0.6) is 5.75 Å². The predicted molar refractivity (Wildman–Crippen MR) is 71.3 cm³/mol. The highest BCUT2D eigenvalue weighted by atomic mass is 35.5. The Labute approximate surface area is 116 Å². The molecule has 1 aromatic rings. The molecule has 19 heavy (non-hydrogen) atoms. The maximum Gasteiger partial charge on any atom is 0.312 e. The number of likely N-dealkylation sites (N-methyl/N-ethyl adjacent to an activating group) is 1. The Morgan fingerprint density at radius 2 is 2.32 bits per heavy atom. The van der Waals surface area contributed by atoms with Gasteiger partial charge in [0.25, 0.3) is 0 Å². The van der Waals surface area contributed by atoms with Gasteiger partial charge < -0.3 is 4.74 Å². The average molecular weight is 284 g/mol. The molecular weight excluding hydrogens is 270 g/mol. The summed E-state index contributed by atoms with van der Waals surface area (Å²) in [6.45, 7) is 4.05. The van der Waals surface area contributed by atoms with Crippen LogP contribution in [0.2, 0.25) is 5.02 Å². The predicted octanol–water partition coefficient (Wildman–Crippen LogP) is 2.52. The summed E-state index contributed by atoms with van der Waals surface area (Å²) in [6.07, 6.45) is 0. The fraction of sp³-hybridized carbons (Fsp3) is 0.417. The highest BCUT2D eigenvalue weighted by Gasteiger charge is 2.26. The second-order valence-electron chi connectivity index (χ2n) is 4.11. The van der Waals surface area contributed by atoms with Crippen LogP contribution < -0.4 is 10.1 Å². The molecule has 0 spiro atoms. The molecule has 0 amide bonds. The van der Waals surface area contributed by atoms with Crippen molar-refractivity contribution in [2.45, 2.75) is 19.4 Å². The minimum Gasteiger partial charge on any atom is -0.483 e. The lowest BCUT2D eigenvalue weighted by Crippen LogP contribution is -2.46. The number of nitro groups is 1. The van der Waals surface area contributed by atoms with E-state index in [2.05, 4.69) is 11.4 Å². The lowest BCUT2D eigenvalue weighted by molar-refractivity contribution is -0.385. The number of nitrogens with one attached hydrogen (secondary N) is 1. The third-order valence-corrected chi connectivity index (χ3v) is 2.76. The van der Waals surface area contributed by atoms with Gasteiger partial charge in [0.05, 0.1) is 16.0 Å². The zero-order valence-electron chi connectivity index (χ0n) is 10.6. The van der Waals surface area contributed by atoms with E-state index in [1.807, 2.05) is 6.92 Å². The number of benzene rings is 1. The molecule has 1 rings (SSSR count). The molecule has 7 heteroatoms. The van der Waals surface area contributed by atoms with E-state index < -0.39 is 10.5 Å². The highest BCUT2D eigenvalue weighted by Crippen LogP contribution is 2.34. The van der Waals surface area contributed by atoms with Crippen molar-refractivity contribution in [1.29, 1.82) is 5.26 Å². The summed E-state index contributed by atoms with van der Waals surface area (Å²) in [4.78, 5) is 10.3. The number of para-hydroxylation sites is 1. The highest BCUT2D eigenvalue weighted by molar-refractivity contribution is 6.32. The summed E-state index contributed by atoms with van der Waals surface area (Å²) in [5.41, 5.74) is -1.15. The molecule has 1 atom stereocenters. The topological polar surface area (TPSA) is 88.2 Å². The maximum atomic E-state index is 10.9. The van der Waals surface area contributed by atoms with Crippen LogP contribution in [0.25, 0.3) is 0 Å². The first-order valence-electron chi connectivity index (χ1n) is 5.65. The summed E-state index contributed by atoms with van der Waals surface area (Å²) in [5.74, 6) is -0.0199. The zero-order valence-corrected chi connectivity index (χ0v) is 11.4. The van der Waals surface area contributed by atoms with Gasteiger partial charge >= 0.3 is 5.69 Å². The second kappa shape index (κ2) is 6.36. The third-order valence-electron chi connectivity index (χ3n) is 2.46. The monoisotopic (exact) mass is 283 g/mol. The van der Waals surface area contributed by atoms with Gasteiger partial charge in [-0.3, -0.25) is 15.4 Å². The molecule has 0 radical (unpaired) electrons. The molecule has 0 aliphatic heterocycles. The largest absolute Gasteiger partial charge is 0.483 e. The van der Waals surface area contributed by atoms with Crippen LogP contribution in [0.4, 0.5) is 5.69 Å². The number of nitriles is 1. The van der Waals surface area contributed by atoms with Crippen LogP contribution in [0.1, 0.15) is 13.8 Å². The number of nitrogens with zero attached hydrogens (tertiary/aromatic N) is 2. The van der Waals surface area contributed by atoms with Crippen molar-refractivity contribution >= 4 is 17.3 Å². The van der Waals surface area contributed by atoms with Gasteiger partial charge in [0.15, 0.2) is 0 Å². The molecule has 1 unspecified atom stereocenters. The lowest BCUT2D eigenvalue weighted by Gasteiger charge is -2.22. The quantitative estimate of drug-likeness (QED) is 0.640. The first-order chi connectivity index (χ1) is 8.93. The summed E-state index contributed by atoms with van der Waals surface area (Å²) < 4.78 is 5.38. The molecule has 0 aliphatic rings. The van der Waals surface area contributed by atoms with Crippen LogP contribution in [-0.2, 0) is 0 Å². The number of rotatable bonds is 6. The van der Waals surface area contributed by atoms with Crippen molar-refractivity contribution in [3.63, 3.8) is 0 Å². The Morgan fingerprint density at radius 1 is 1.63 bits per heavy atom. The minimum absolute atomic E-state index is 0.0199. The Bertz CT molecular complexity index is 515. The van der Waals surface area contributed by atoms with E-state index in [1.54, 1.807) is 6.92 Å². The van der Waals surface area contributed by atoms with Crippen molar-refractivity contribution in [2.75, 3.05) is 13.2 Å². The van der Waals surface area contributed by atoms with Gasteiger partial charge in [-0.15, -0.1) is 0 Å². The number of halogens is 1. The van der Waals surface area contributed by atoms with E-state index in [0.29, 0.717) is 6.54 Å². The van der Waals surface area contributed by atoms with E-state index in [-0.39, 0.29) is 23.1 Å². The zero-order chi connectivity index (χ0) is 14.5. The third kappa shape index (κ3) is 3.81. The molecule has 0 bridgehead atoms. The van der Waals surface area contributed by atoms with E-state index >= 15 is 0 Å². The van der Waals surface area contributed by atoms with Crippen molar-refractivity contribution < 1.29 is 9.66 Å². The van der Waals surface area contributed by atoms with E-state index in [1.165, 1.54) is 18.2 Å². The van der Waals surface area contributed by atoms with Crippen LogP contribution in [0, 0.1) is 21.4 Å². The molecule has 1 N–H and O–H groups in total. The SMILES string of the molecule is CCNC(C)(C#N)COc1c(Cl)cccc1[N+](=O)[O-]. The molecule has 0 fully saturated rings. The van der Waals surface area contributed by atoms with Gasteiger partial charge in [-0.25, -0.2) is 0 Å². The number of hydrogen-bond donors (Lipinski definition) is 1. The van der Waals surface area contributed by atoms with E-state index in [0.717, 1.165) is 0 Å². The normalized spacial score (nSPS) is 13.4. The van der Waals surface area contributed by atoms with Crippen molar-refractivity contribution in [2.24, 2.45) is 0 Å². The van der Waals surface area contributed by atoms with Crippen molar-refractivity contribution in [3.8, 4) is 11.8 Å². The summed E-state index contributed by atoms with van der Waals surface area (Å²) >= 11 is 5.89. The Hall–Kier alpha value is -1.84. The van der Waals surface area contributed by atoms with Gasteiger partial charge in [-0.1, -0.05) is 24.6 Å². The van der Waals surface area contributed by atoms with Crippen molar-refractivity contribution in [1.82, 2.24) is 5.32 Å². The van der Waals surface area contributed by atoms with Crippen LogP contribution in [-0.4, -0.2) is 23.6 Å². The van der Waals surface area contributed by atoms with E-state index in [9.17, 15) is 10.1 Å². The number of nitro benzene ring substituents is 1. The Kier molecular flexibility index (Phi) is 5.10. The first kappa shape index (κ1) is 15.2. The molecule has 0 saturated carbocycles. The smallest absolute Gasteiger partial charge is 0.312 e. The van der Waals surface area contributed by atoms with Crippen LogP contribution in [0.3, 0.4) is 0 Å². The van der Waals surface area contributed by atoms with Crippen LogP contribution >= 0.6 is 11.6 Å². The molecule has 0 saturated heterocycles. The van der Waals surface area contributed by atoms with Gasteiger partial charge in [-0.2, -0.15) is 5.26 Å². The molecule has 0 heterocycles. The standard InChI is InChI=1S/C12H14ClN3O3/c1-3-15-12(2,7-14)8-19-11-9(13)5-4-6-10(11)16(17)18/h4-6,15H,3,8H2,1-2H3. The fourth-order valence-corrected chi connectivity index (χ4v) is 1.74. The first-order valence-corrected chi connectivity index (χ1v) is 6.03. The maximum absolute atomic E-state index is 10.9. The fourth-order valence-electron chi connectivity index (χ4n) is 1.51. The molecule has 1 aromatic carbocycles. The molecule has 0 aliphatic carbocycles. The van der Waals surface area contributed by atoms with Gasteiger partial charge in [0, 0.05) is 6.07 Å². The second-order valence-corrected chi connectivity index (χ2v) is 4.52. The minimum atomic E-state index is -0.929. The number of hydrogen-bond acceptors (Lipinski definition) is 5. The van der Waals surface area contributed by atoms with Gasteiger partial charge in [0.1, 0.15) is 12.1 Å². The van der Waals surface area contributed by atoms with Gasteiger partial charge in [-0.05, 0) is 19.5 Å². The summed E-state index contributed by atoms with van der Waals surface area (Å²) in [6, 6.07) is 6.35. The Morgan fingerprint density at radius 3 is 2.84 bits per heavy atom. The van der Waals surface area contributed by atoms with Gasteiger partial charge in [0.2, 0.25) is 5.75 Å². The molecule has 6 nitrogen and oxygen atoms in total. The van der Waals surface area contributed by atoms with Crippen LogP contribution in [0.15, 0.2) is 18.2 Å². The summed E-state index contributed by atoms with van der Waals surface area (Å²) in [7, 11) is 0. The Balaban J connectivity index is 2.95.